The molecule has 3 rings (SSSR count). The minimum absolute atomic E-state index is 0.0196. The van der Waals surface area contributed by atoms with Gasteiger partial charge in [0.15, 0.2) is 0 Å². The second kappa shape index (κ2) is 10.9. The molecule has 0 aliphatic carbocycles. The second-order valence-corrected chi connectivity index (χ2v) is 10.1. The van der Waals surface area contributed by atoms with Crippen LogP contribution in [0.5, 0.6) is 0 Å². The number of nitrogens with zero attached hydrogens (tertiary/aromatic N) is 2. The van der Waals surface area contributed by atoms with Crippen molar-refractivity contribution in [1.82, 2.24) is 15.1 Å². The Morgan fingerprint density at radius 3 is 2.39 bits per heavy atom. The molecule has 6 heteroatoms. The van der Waals surface area contributed by atoms with Gasteiger partial charge in [-0.25, -0.2) is 0 Å². The van der Waals surface area contributed by atoms with Gasteiger partial charge in [0.05, 0.1) is 6.54 Å². The highest BCUT2D eigenvalue weighted by molar-refractivity contribution is 5.96. The van der Waals surface area contributed by atoms with E-state index in [4.69, 9.17) is 0 Å². The number of hydrogen-bond acceptors (Lipinski definition) is 4. The molecule has 6 nitrogen and oxygen atoms in total. The molecule has 0 aromatic heterocycles. The van der Waals surface area contributed by atoms with Crippen LogP contribution in [0, 0.1) is 13.8 Å². The molecule has 0 saturated carbocycles. The van der Waals surface area contributed by atoms with Crippen molar-refractivity contribution in [3.8, 4) is 0 Å². The van der Waals surface area contributed by atoms with Crippen LogP contribution in [-0.4, -0.2) is 59.9 Å². The molecule has 1 fully saturated rings. The fraction of sp³-hybridized carbons (Fsp3) is 0.481. The SMILES string of the molecule is Cc1ccc(C)c(NC(=O)C(c2ccccc2)N2CCCN(CC(=O)NC(C)(C)C)CC2)c1. The van der Waals surface area contributed by atoms with Gasteiger partial charge in [-0.3, -0.25) is 19.4 Å². The molecule has 2 aromatic rings. The van der Waals surface area contributed by atoms with E-state index in [1.54, 1.807) is 0 Å². The summed E-state index contributed by atoms with van der Waals surface area (Å²) in [6.07, 6.45) is 0.906. The number of anilines is 1. The molecule has 178 valence electrons. The van der Waals surface area contributed by atoms with Crippen LogP contribution in [-0.2, 0) is 9.59 Å². The highest BCUT2D eigenvalue weighted by Crippen LogP contribution is 2.26. The average Bonchev–Trinajstić information content (AvgIpc) is 2.96. The zero-order valence-electron chi connectivity index (χ0n) is 20.6. The Labute approximate surface area is 198 Å². The Morgan fingerprint density at radius 1 is 0.970 bits per heavy atom. The van der Waals surface area contributed by atoms with Gasteiger partial charge >= 0.3 is 0 Å². The molecule has 1 atom stereocenters. The maximum absolute atomic E-state index is 13.6. The summed E-state index contributed by atoms with van der Waals surface area (Å²) in [5, 5.41) is 6.22. The van der Waals surface area contributed by atoms with E-state index < -0.39 is 0 Å². The number of amides is 2. The fourth-order valence-electron chi connectivity index (χ4n) is 4.30. The molecule has 1 heterocycles. The summed E-state index contributed by atoms with van der Waals surface area (Å²) in [6, 6.07) is 15.7. The Kier molecular flexibility index (Phi) is 8.27. The molecule has 2 N–H and O–H groups in total. The van der Waals surface area contributed by atoms with Crippen LogP contribution in [0.2, 0.25) is 0 Å². The lowest BCUT2D eigenvalue weighted by Gasteiger charge is -2.30. The molecule has 1 saturated heterocycles. The largest absolute Gasteiger partial charge is 0.350 e. The molecule has 33 heavy (non-hydrogen) atoms. The Bertz CT molecular complexity index is 952. The molecular weight excluding hydrogens is 412 g/mol. The van der Waals surface area contributed by atoms with E-state index in [9.17, 15) is 9.59 Å². The van der Waals surface area contributed by atoms with Crippen LogP contribution in [0.4, 0.5) is 5.69 Å². The number of nitrogens with one attached hydrogen (secondary N) is 2. The van der Waals surface area contributed by atoms with Crippen molar-refractivity contribution in [3.63, 3.8) is 0 Å². The number of carbonyl (C=O) groups is 2. The van der Waals surface area contributed by atoms with E-state index in [1.165, 1.54) is 0 Å². The summed E-state index contributed by atoms with van der Waals surface area (Å²) >= 11 is 0. The van der Waals surface area contributed by atoms with Crippen molar-refractivity contribution in [2.45, 2.75) is 52.6 Å². The predicted molar refractivity (Wildman–Crippen MR) is 134 cm³/mol. The van der Waals surface area contributed by atoms with Gasteiger partial charge in [0.25, 0.3) is 0 Å². The summed E-state index contributed by atoms with van der Waals surface area (Å²) in [5.41, 5.74) is 3.77. The molecule has 1 unspecified atom stereocenters. The van der Waals surface area contributed by atoms with Gasteiger partial charge in [-0.1, -0.05) is 42.5 Å². The lowest BCUT2D eigenvalue weighted by Crippen LogP contribution is -2.46. The van der Waals surface area contributed by atoms with Gasteiger partial charge in [-0.15, -0.1) is 0 Å². The average molecular weight is 451 g/mol. The lowest BCUT2D eigenvalue weighted by molar-refractivity contribution is -0.124. The number of hydrogen-bond donors (Lipinski definition) is 2. The fourth-order valence-corrected chi connectivity index (χ4v) is 4.30. The maximum atomic E-state index is 13.6. The van der Waals surface area contributed by atoms with Gasteiger partial charge < -0.3 is 10.6 Å². The van der Waals surface area contributed by atoms with E-state index in [-0.39, 0.29) is 23.4 Å². The number of aryl methyl sites for hydroxylation is 2. The highest BCUT2D eigenvalue weighted by Gasteiger charge is 2.30. The van der Waals surface area contributed by atoms with E-state index in [0.717, 1.165) is 55.0 Å². The quantitative estimate of drug-likeness (QED) is 0.701. The summed E-state index contributed by atoms with van der Waals surface area (Å²) in [5.74, 6) is 0.0250. The van der Waals surface area contributed by atoms with Crippen LogP contribution in [0.15, 0.2) is 48.5 Å². The summed E-state index contributed by atoms with van der Waals surface area (Å²) in [6.45, 7) is 13.5. The topological polar surface area (TPSA) is 64.7 Å². The third-order valence-electron chi connectivity index (χ3n) is 5.88. The monoisotopic (exact) mass is 450 g/mol. The first-order valence-corrected chi connectivity index (χ1v) is 11.8. The first kappa shape index (κ1) is 24.9. The minimum Gasteiger partial charge on any atom is -0.350 e. The number of carbonyl (C=O) groups excluding carboxylic acids is 2. The molecule has 0 spiro atoms. The number of benzene rings is 2. The van der Waals surface area contributed by atoms with Gasteiger partial charge in [0, 0.05) is 30.9 Å². The highest BCUT2D eigenvalue weighted by atomic mass is 16.2. The summed E-state index contributed by atoms with van der Waals surface area (Å²) < 4.78 is 0. The molecule has 1 aliphatic heterocycles. The number of rotatable bonds is 6. The molecule has 2 amide bonds. The lowest BCUT2D eigenvalue weighted by atomic mass is 10.0. The minimum atomic E-state index is -0.380. The first-order valence-electron chi connectivity index (χ1n) is 11.8. The standard InChI is InChI=1S/C27H38N4O2/c1-20-12-13-21(2)23(18-20)28-26(33)25(22-10-7-6-8-11-22)31-15-9-14-30(16-17-31)19-24(32)29-27(3,4)5/h6-8,10-13,18,25H,9,14-17,19H2,1-5H3,(H,28,33)(H,29,32). The van der Waals surface area contributed by atoms with Gasteiger partial charge in [0.2, 0.25) is 11.8 Å². The van der Waals surface area contributed by atoms with Crippen LogP contribution in [0.25, 0.3) is 0 Å². The van der Waals surface area contributed by atoms with E-state index in [2.05, 4.69) is 26.5 Å². The van der Waals surface area contributed by atoms with E-state index in [0.29, 0.717) is 6.54 Å². The zero-order valence-corrected chi connectivity index (χ0v) is 20.6. The molecule has 0 bridgehead atoms. The van der Waals surface area contributed by atoms with Crippen molar-refractivity contribution < 1.29 is 9.59 Å². The van der Waals surface area contributed by atoms with Crippen LogP contribution < -0.4 is 10.6 Å². The summed E-state index contributed by atoms with van der Waals surface area (Å²) in [7, 11) is 0. The molecular formula is C27H38N4O2. The first-order chi connectivity index (χ1) is 15.6. The van der Waals surface area contributed by atoms with Crippen LogP contribution in [0.1, 0.15) is 49.9 Å². The molecule has 2 aromatic carbocycles. The van der Waals surface area contributed by atoms with E-state index >= 15 is 0 Å². The maximum Gasteiger partial charge on any atom is 0.246 e. The third-order valence-corrected chi connectivity index (χ3v) is 5.88. The Hall–Kier alpha value is -2.70. The van der Waals surface area contributed by atoms with Crippen molar-refractivity contribution in [2.24, 2.45) is 0 Å². The third kappa shape index (κ3) is 7.41. The second-order valence-electron chi connectivity index (χ2n) is 10.1. The smallest absolute Gasteiger partial charge is 0.246 e. The van der Waals surface area contributed by atoms with Gasteiger partial charge in [-0.2, -0.15) is 0 Å². The van der Waals surface area contributed by atoms with E-state index in [1.807, 2.05) is 77.1 Å². The predicted octanol–water partition coefficient (Wildman–Crippen LogP) is 3.91. The zero-order chi connectivity index (χ0) is 24.0. The Balaban J connectivity index is 1.74. The van der Waals surface area contributed by atoms with Crippen molar-refractivity contribution in [1.29, 1.82) is 0 Å². The van der Waals surface area contributed by atoms with Crippen LogP contribution >= 0.6 is 0 Å². The van der Waals surface area contributed by atoms with Gasteiger partial charge in [0.1, 0.15) is 6.04 Å². The van der Waals surface area contributed by atoms with Crippen molar-refractivity contribution in [2.75, 3.05) is 38.0 Å². The van der Waals surface area contributed by atoms with Crippen molar-refractivity contribution >= 4 is 17.5 Å². The van der Waals surface area contributed by atoms with Crippen molar-refractivity contribution in [3.05, 3.63) is 65.2 Å². The Morgan fingerprint density at radius 2 is 1.70 bits per heavy atom. The van der Waals surface area contributed by atoms with Gasteiger partial charge in [-0.05, 0) is 70.3 Å². The normalized spacial score (nSPS) is 16.6. The van der Waals surface area contributed by atoms with Crippen LogP contribution in [0.3, 0.4) is 0 Å². The molecule has 1 aliphatic rings. The molecule has 0 radical (unpaired) electrons. The summed E-state index contributed by atoms with van der Waals surface area (Å²) in [4.78, 5) is 30.4.